The van der Waals surface area contributed by atoms with Gasteiger partial charge in [0.25, 0.3) is 0 Å². The minimum atomic E-state index is -0.521. The van der Waals surface area contributed by atoms with E-state index in [4.69, 9.17) is 5.21 Å². The molecule has 1 aliphatic rings. The molecule has 3 N–H and O–H groups in total. The fourth-order valence-electron chi connectivity index (χ4n) is 3.38. The summed E-state index contributed by atoms with van der Waals surface area (Å²) in [6.07, 6.45) is 8.14. The highest BCUT2D eigenvalue weighted by Crippen LogP contribution is 2.39. The first-order valence-electron chi connectivity index (χ1n) is 8.39. The molecule has 1 amide bonds. The van der Waals surface area contributed by atoms with Crippen molar-refractivity contribution < 1.29 is 14.4 Å². The van der Waals surface area contributed by atoms with Gasteiger partial charge in [-0.15, -0.1) is 0 Å². The highest BCUT2D eigenvalue weighted by Gasteiger charge is 2.34. The van der Waals surface area contributed by atoms with E-state index in [9.17, 15) is 9.18 Å². The molecule has 0 unspecified atom stereocenters. The standard InChI is InChI=1S/C18H21FN4O2/c19-15-6-4-5-14(10-15)18(7-2-1-3-8-18)22-17-20-11-13(12-21-17)9-16(24)23-25/h4-6,10-12,25H,1-3,7-9H2,(H,23,24)(H,20,21,22). The molecule has 25 heavy (non-hydrogen) atoms. The minimum Gasteiger partial charge on any atom is -0.345 e. The van der Waals surface area contributed by atoms with Crippen molar-refractivity contribution in [1.29, 1.82) is 0 Å². The Hall–Kier alpha value is -2.54. The van der Waals surface area contributed by atoms with Crippen LogP contribution in [0.2, 0.25) is 0 Å². The van der Waals surface area contributed by atoms with Gasteiger partial charge in [-0.25, -0.2) is 19.8 Å². The summed E-state index contributed by atoms with van der Waals surface area (Å²) in [6, 6.07) is 6.66. The van der Waals surface area contributed by atoms with Crippen molar-refractivity contribution in [3.63, 3.8) is 0 Å². The SMILES string of the molecule is O=C(Cc1cnc(NC2(c3cccc(F)c3)CCCCC2)nc1)NO. The molecule has 0 radical (unpaired) electrons. The van der Waals surface area contributed by atoms with Crippen LogP contribution in [-0.2, 0) is 16.8 Å². The molecule has 0 atom stereocenters. The van der Waals surface area contributed by atoms with Gasteiger partial charge in [-0.2, -0.15) is 0 Å². The summed E-state index contributed by atoms with van der Waals surface area (Å²) in [5, 5.41) is 12.0. The lowest BCUT2D eigenvalue weighted by atomic mass is 9.76. The Morgan fingerprint density at radius 2 is 1.92 bits per heavy atom. The molecule has 132 valence electrons. The van der Waals surface area contributed by atoms with Crippen LogP contribution in [-0.4, -0.2) is 21.1 Å². The van der Waals surface area contributed by atoms with E-state index in [2.05, 4.69) is 15.3 Å². The molecule has 0 aliphatic heterocycles. The first-order chi connectivity index (χ1) is 12.1. The van der Waals surface area contributed by atoms with E-state index in [1.54, 1.807) is 30.0 Å². The molecule has 3 rings (SSSR count). The van der Waals surface area contributed by atoms with Crippen molar-refractivity contribution in [2.45, 2.75) is 44.1 Å². The van der Waals surface area contributed by atoms with Crippen LogP contribution < -0.4 is 10.8 Å². The normalized spacial score (nSPS) is 16.2. The molecule has 1 saturated carbocycles. The molecule has 0 bridgehead atoms. The van der Waals surface area contributed by atoms with Gasteiger partial charge in [0.15, 0.2) is 0 Å². The average Bonchev–Trinajstić information content (AvgIpc) is 2.64. The first kappa shape index (κ1) is 17.3. The largest absolute Gasteiger partial charge is 0.345 e. The Labute approximate surface area is 145 Å². The lowest BCUT2D eigenvalue weighted by molar-refractivity contribution is -0.128. The summed E-state index contributed by atoms with van der Waals surface area (Å²) in [6.45, 7) is 0. The molecule has 1 fully saturated rings. The summed E-state index contributed by atoms with van der Waals surface area (Å²) >= 11 is 0. The molecule has 0 spiro atoms. The number of anilines is 1. The molecule has 1 aromatic carbocycles. The van der Waals surface area contributed by atoms with Crippen LogP contribution in [0.3, 0.4) is 0 Å². The van der Waals surface area contributed by atoms with Crippen LogP contribution in [0.25, 0.3) is 0 Å². The van der Waals surface area contributed by atoms with Gasteiger partial charge in [-0.3, -0.25) is 10.0 Å². The smallest absolute Gasteiger partial charge is 0.247 e. The fourth-order valence-corrected chi connectivity index (χ4v) is 3.38. The Morgan fingerprint density at radius 3 is 2.56 bits per heavy atom. The second kappa shape index (κ2) is 7.57. The third-order valence-corrected chi connectivity index (χ3v) is 4.63. The van der Waals surface area contributed by atoms with Crippen molar-refractivity contribution in [1.82, 2.24) is 15.4 Å². The number of nitrogens with zero attached hydrogens (tertiary/aromatic N) is 2. The monoisotopic (exact) mass is 344 g/mol. The quantitative estimate of drug-likeness (QED) is 0.573. The van der Waals surface area contributed by atoms with E-state index in [0.29, 0.717) is 11.5 Å². The lowest BCUT2D eigenvalue weighted by Gasteiger charge is -2.38. The fraction of sp³-hybridized carbons (Fsp3) is 0.389. The predicted molar refractivity (Wildman–Crippen MR) is 90.5 cm³/mol. The van der Waals surface area contributed by atoms with Gasteiger partial charge >= 0.3 is 0 Å². The molecule has 2 aromatic rings. The minimum absolute atomic E-state index is 0.00577. The third kappa shape index (κ3) is 4.11. The van der Waals surface area contributed by atoms with Crippen molar-refractivity contribution in [2.24, 2.45) is 0 Å². The summed E-state index contributed by atoms with van der Waals surface area (Å²) in [4.78, 5) is 19.7. The van der Waals surface area contributed by atoms with E-state index in [1.165, 1.54) is 6.07 Å². The molecule has 0 saturated heterocycles. The van der Waals surface area contributed by atoms with Crippen LogP contribution in [0.5, 0.6) is 0 Å². The van der Waals surface area contributed by atoms with Crippen LogP contribution >= 0.6 is 0 Å². The predicted octanol–water partition coefficient (Wildman–Crippen LogP) is 2.94. The van der Waals surface area contributed by atoms with E-state index < -0.39 is 5.91 Å². The van der Waals surface area contributed by atoms with Crippen LogP contribution in [0, 0.1) is 5.82 Å². The third-order valence-electron chi connectivity index (χ3n) is 4.63. The number of halogens is 1. The average molecular weight is 344 g/mol. The summed E-state index contributed by atoms with van der Waals surface area (Å²) < 4.78 is 13.7. The van der Waals surface area contributed by atoms with Gasteiger partial charge in [0, 0.05) is 12.4 Å². The number of hydroxylamine groups is 1. The zero-order valence-electron chi connectivity index (χ0n) is 13.8. The first-order valence-corrected chi connectivity index (χ1v) is 8.39. The molecular formula is C18H21FN4O2. The number of rotatable bonds is 5. The number of amides is 1. The highest BCUT2D eigenvalue weighted by atomic mass is 19.1. The molecule has 6 nitrogen and oxygen atoms in total. The van der Waals surface area contributed by atoms with Crippen molar-refractivity contribution in [3.05, 3.63) is 53.6 Å². The Bertz CT molecular complexity index is 730. The van der Waals surface area contributed by atoms with Gasteiger partial charge in [-0.1, -0.05) is 31.4 Å². The number of hydrogen-bond donors (Lipinski definition) is 3. The number of carbonyl (C=O) groups excluding carboxylic acids is 1. The number of nitrogens with one attached hydrogen (secondary N) is 2. The highest BCUT2D eigenvalue weighted by molar-refractivity contribution is 5.77. The Balaban J connectivity index is 1.82. The number of hydrogen-bond acceptors (Lipinski definition) is 5. The van der Waals surface area contributed by atoms with Crippen molar-refractivity contribution in [2.75, 3.05) is 5.32 Å². The van der Waals surface area contributed by atoms with E-state index in [0.717, 1.165) is 37.7 Å². The maximum atomic E-state index is 13.7. The van der Waals surface area contributed by atoms with Crippen molar-refractivity contribution >= 4 is 11.9 Å². The molecule has 1 heterocycles. The second-order valence-corrected chi connectivity index (χ2v) is 6.40. The Morgan fingerprint density at radius 1 is 1.20 bits per heavy atom. The second-order valence-electron chi connectivity index (χ2n) is 6.40. The maximum absolute atomic E-state index is 13.7. The van der Waals surface area contributed by atoms with Gasteiger partial charge in [0.1, 0.15) is 5.82 Å². The summed E-state index contributed by atoms with van der Waals surface area (Å²) in [5.74, 6) is -0.331. The number of carbonyl (C=O) groups is 1. The zero-order chi connectivity index (χ0) is 17.7. The number of benzene rings is 1. The molecule has 1 aromatic heterocycles. The van der Waals surface area contributed by atoms with Crippen LogP contribution in [0.4, 0.5) is 10.3 Å². The summed E-state index contributed by atoms with van der Waals surface area (Å²) in [7, 11) is 0. The van der Waals surface area contributed by atoms with E-state index >= 15 is 0 Å². The molecular weight excluding hydrogens is 323 g/mol. The van der Waals surface area contributed by atoms with Gasteiger partial charge in [-0.05, 0) is 36.1 Å². The van der Waals surface area contributed by atoms with E-state index in [-0.39, 0.29) is 17.8 Å². The van der Waals surface area contributed by atoms with Crippen LogP contribution in [0.15, 0.2) is 36.7 Å². The zero-order valence-corrected chi connectivity index (χ0v) is 13.8. The molecule has 7 heteroatoms. The molecule has 1 aliphatic carbocycles. The number of aromatic nitrogens is 2. The van der Waals surface area contributed by atoms with E-state index in [1.807, 2.05) is 6.07 Å². The topological polar surface area (TPSA) is 87.1 Å². The summed E-state index contributed by atoms with van der Waals surface area (Å²) in [5.41, 5.74) is 2.70. The van der Waals surface area contributed by atoms with Crippen molar-refractivity contribution in [3.8, 4) is 0 Å². The van der Waals surface area contributed by atoms with Gasteiger partial charge < -0.3 is 5.32 Å². The lowest BCUT2D eigenvalue weighted by Crippen LogP contribution is -2.38. The van der Waals surface area contributed by atoms with Gasteiger partial charge in [0.05, 0.1) is 12.0 Å². The maximum Gasteiger partial charge on any atom is 0.247 e. The van der Waals surface area contributed by atoms with Gasteiger partial charge in [0.2, 0.25) is 11.9 Å². The van der Waals surface area contributed by atoms with Crippen LogP contribution in [0.1, 0.15) is 43.2 Å². The Kier molecular flexibility index (Phi) is 5.23.